The van der Waals surface area contributed by atoms with Crippen LogP contribution in [0.1, 0.15) is 27.5 Å². The van der Waals surface area contributed by atoms with Crippen molar-refractivity contribution >= 4 is 11.7 Å². The highest BCUT2D eigenvalue weighted by atomic mass is 16.5. The van der Waals surface area contributed by atoms with Gasteiger partial charge in [-0.05, 0) is 38.1 Å². The normalized spacial score (nSPS) is 10.6. The molecule has 7 nitrogen and oxygen atoms in total. The second-order valence-corrected chi connectivity index (χ2v) is 6.78. The number of anilines is 1. The minimum atomic E-state index is -0.311. The lowest BCUT2D eigenvalue weighted by Crippen LogP contribution is -2.14. The van der Waals surface area contributed by atoms with Gasteiger partial charge in [0.05, 0.1) is 5.56 Å². The number of para-hydroxylation sites is 1. The lowest BCUT2D eigenvalue weighted by molar-refractivity contribution is 0.102. The average molecular weight is 400 g/mol. The number of nitrogens with one attached hydrogen (secondary N) is 1. The Balaban J connectivity index is 1.46. The fraction of sp³-hybridized carbons (Fsp3) is 0.130. The van der Waals surface area contributed by atoms with Crippen molar-refractivity contribution in [3.63, 3.8) is 0 Å². The number of pyridine rings is 1. The third kappa shape index (κ3) is 4.52. The minimum absolute atomic E-state index is 0.0475. The molecule has 150 valence electrons. The molecule has 0 spiro atoms. The molecule has 1 amide bonds. The Labute approximate surface area is 173 Å². The quantitative estimate of drug-likeness (QED) is 0.509. The maximum Gasteiger partial charge on any atom is 0.264 e. The molecule has 30 heavy (non-hydrogen) atoms. The number of rotatable bonds is 6. The smallest absolute Gasteiger partial charge is 0.264 e. The van der Waals surface area contributed by atoms with Crippen LogP contribution in [0.15, 0.2) is 71.3 Å². The van der Waals surface area contributed by atoms with Gasteiger partial charge in [-0.1, -0.05) is 53.2 Å². The van der Waals surface area contributed by atoms with E-state index in [1.54, 1.807) is 30.3 Å². The van der Waals surface area contributed by atoms with Crippen molar-refractivity contribution in [3.05, 3.63) is 89.4 Å². The highest BCUT2D eigenvalue weighted by molar-refractivity contribution is 6.05. The van der Waals surface area contributed by atoms with E-state index in [1.807, 2.05) is 50.2 Å². The van der Waals surface area contributed by atoms with Gasteiger partial charge in [-0.25, -0.2) is 4.98 Å². The molecular weight excluding hydrogens is 380 g/mol. The molecule has 2 heterocycles. The largest absolute Gasteiger partial charge is 0.483 e. The third-order valence-electron chi connectivity index (χ3n) is 4.39. The molecule has 7 heteroatoms. The first-order chi connectivity index (χ1) is 14.6. The molecule has 0 fully saturated rings. The molecule has 2 aromatic carbocycles. The molecule has 0 atom stereocenters. The van der Waals surface area contributed by atoms with E-state index in [0.29, 0.717) is 28.8 Å². The molecule has 2 aromatic heterocycles. The highest BCUT2D eigenvalue weighted by Gasteiger charge is 2.15. The monoisotopic (exact) mass is 400 g/mol. The fourth-order valence-corrected chi connectivity index (χ4v) is 2.85. The molecule has 0 unspecified atom stereocenters. The Bertz CT molecular complexity index is 1170. The van der Waals surface area contributed by atoms with Crippen LogP contribution in [-0.2, 0) is 6.61 Å². The van der Waals surface area contributed by atoms with E-state index >= 15 is 0 Å². The van der Waals surface area contributed by atoms with Gasteiger partial charge in [0.2, 0.25) is 5.82 Å². The van der Waals surface area contributed by atoms with E-state index in [2.05, 4.69) is 20.4 Å². The summed E-state index contributed by atoms with van der Waals surface area (Å²) in [5.74, 6) is 1.40. The summed E-state index contributed by atoms with van der Waals surface area (Å²) in [6.07, 6.45) is 0. The van der Waals surface area contributed by atoms with E-state index in [0.717, 1.165) is 16.8 Å². The predicted octanol–water partition coefficient (Wildman–Crippen LogP) is 4.58. The second kappa shape index (κ2) is 8.57. The molecule has 0 aliphatic rings. The number of aryl methyl sites for hydroxylation is 2. The first-order valence-electron chi connectivity index (χ1n) is 9.45. The molecule has 0 aliphatic carbocycles. The van der Waals surface area contributed by atoms with Gasteiger partial charge in [-0.3, -0.25) is 4.79 Å². The fourth-order valence-electron chi connectivity index (χ4n) is 2.85. The Morgan fingerprint density at radius 2 is 1.77 bits per heavy atom. The topological polar surface area (TPSA) is 90.1 Å². The summed E-state index contributed by atoms with van der Waals surface area (Å²) in [5.41, 5.74) is 3.22. The van der Waals surface area contributed by atoms with Crippen LogP contribution < -0.4 is 10.1 Å². The number of amides is 1. The van der Waals surface area contributed by atoms with Crippen molar-refractivity contribution in [3.8, 4) is 17.1 Å². The summed E-state index contributed by atoms with van der Waals surface area (Å²) in [5, 5.41) is 6.78. The van der Waals surface area contributed by atoms with Gasteiger partial charge < -0.3 is 14.6 Å². The Kier molecular flexibility index (Phi) is 5.52. The maximum atomic E-state index is 12.7. The van der Waals surface area contributed by atoms with E-state index in [-0.39, 0.29) is 12.5 Å². The summed E-state index contributed by atoms with van der Waals surface area (Å²) >= 11 is 0. The number of aromatic nitrogens is 3. The van der Waals surface area contributed by atoms with E-state index in [4.69, 9.17) is 9.26 Å². The van der Waals surface area contributed by atoms with Gasteiger partial charge in [-0.2, -0.15) is 4.98 Å². The van der Waals surface area contributed by atoms with Crippen molar-refractivity contribution in [2.45, 2.75) is 20.5 Å². The predicted molar refractivity (Wildman–Crippen MR) is 112 cm³/mol. The van der Waals surface area contributed by atoms with Crippen LogP contribution in [0.3, 0.4) is 0 Å². The molecule has 0 saturated carbocycles. The van der Waals surface area contributed by atoms with Crippen molar-refractivity contribution in [2.24, 2.45) is 0 Å². The summed E-state index contributed by atoms with van der Waals surface area (Å²) in [4.78, 5) is 21.3. The number of hydrogen-bond donors (Lipinski definition) is 1. The number of carbonyl (C=O) groups is 1. The summed E-state index contributed by atoms with van der Waals surface area (Å²) in [6, 6.07) is 20.2. The number of ether oxygens (including phenoxy) is 1. The summed E-state index contributed by atoms with van der Waals surface area (Å²) in [6.45, 7) is 3.93. The van der Waals surface area contributed by atoms with Crippen molar-refractivity contribution in [2.75, 3.05) is 5.32 Å². The third-order valence-corrected chi connectivity index (χ3v) is 4.39. The lowest BCUT2D eigenvalue weighted by Gasteiger charge is -2.10. The zero-order valence-electron chi connectivity index (χ0n) is 16.6. The van der Waals surface area contributed by atoms with Gasteiger partial charge in [0.15, 0.2) is 6.61 Å². The van der Waals surface area contributed by atoms with Crippen molar-refractivity contribution in [1.82, 2.24) is 15.1 Å². The van der Waals surface area contributed by atoms with Crippen molar-refractivity contribution in [1.29, 1.82) is 0 Å². The molecule has 4 aromatic rings. The van der Waals surface area contributed by atoms with Crippen molar-refractivity contribution < 1.29 is 14.1 Å². The van der Waals surface area contributed by atoms with Crippen LogP contribution in [0.5, 0.6) is 5.75 Å². The van der Waals surface area contributed by atoms with Crippen LogP contribution in [-0.4, -0.2) is 21.0 Å². The van der Waals surface area contributed by atoms with Crippen LogP contribution in [0.2, 0.25) is 0 Å². The molecule has 0 aliphatic heterocycles. The number of nitrogens with zero attached hydrogens (tertiary/aromatic N) is 3. The van der Waals surface area contributed by atoms with Gasteiger partial charge in [0.1, 0.15) is 11.6 Å². The lowest BCUT2D eigenvalue weighted by atomic mass is 10.1. The van der Waals surface area contributed by atoms with Crippen LogP contribution in [0.4, 0.5) is 5.82 Å². The first kappa shape index (κ1) is 19.3. The van der Waals surface area contributed by atoms with Crippen LogP contribution in [0, 0.1) is 13.8 Å². The van der Waals surface area contributed by atoms with Gasteiger partial charge >= 0.3 is 0 Å². The molecule has 0 saturated heterocycles. The van der Waals surface area contributed by atoms with Gasteiger partial charge in [0.25, 0.3) is 11.8 Å². The summed E-state index contributed by atoms with van der Waals surface area (Å²) in [7, 11) is 0. The molecule has 0 radical (unpaired) electrons. The van der Waals surface area contributed by atoms with Gasteiger partial charge in [0, 0.05) is 11.3 Å². The zero-order valence-corrected chi connectivity index (χ0v) is 16.6. The number of hydrogen-bond acceptors (Lipinski definition) is 6. The average Bonchev–Trinajstić information content (AvgIpc) is 3.22. The standard InChI is InChI=1S/C23H20N4O3/c1-15-10-12-17(13-11-15)22-26-21(30-27-22)14-29-19-8-4-3-7-18(19)23(28)25-20-9-5-6-16(2)24-20/h3-13H,14H2,1-2H3,(H,24,25,28). The molecular formula is C23H20N4O3. The number of benzene rings is 2. The van der Waals surface area contributed by atoms with Gasteiger partial charge in [-0.15, -0.1) is 0 Å². The minimum Gasteiger partial charge on any atom is -0.483 e. The summed E-state index contributed by atoms with van der Waals surface area (Å²) < 4.78 is 11.1. The number of carbonyl (C=O) groups excluding carboxylic acids is 1. The Morgan fingerprint density at radius 3 is 2.57 bits per heavy atom. The molecule has 4 rings (SSSR count). The Morgan fingerprint density at radius 1 is 0.967 bits per heavy atom. The maximum absolute atomic E-state index is 12.7. The zero-order chi connectivity index (χ0) is 20.9. The molecule has 0 bridgehead atoms. The Hall–Kier alpha value is -4.00. The van der Waals surface area contributed by atoms with E-state index < -0.39 is 0 Å². The van der Waals surface area contributed by atoms with E-state index in [9.17, 15) is 4.79 Å². The van der Waals surface area contributed by atoms with Crippen LogP contribution in [0.25, 0.3) is 11.4 Å². The highest BCUT2D eigenvalue weighted by Crippen LogP contribution is 2.22. The first-order valence-corrected chi connectivity index (χ1v) is 9.45. The second-order valence-electron chi connectivity index (χ2n) is 6.78. The van der Waals surface area contributed by atoms with E-state index in [1.165, 1.54) is 0 Å². The van der Waals surface area contributed by atoms with Crippen LogP contribution >= 0.6 is 0 Å². The molecule has 1 N–H and O–H groups in total. The SMILES string of the molecule is Cc1ccc(-c2noc(COc3ccccc3C(=O)Nc3cccc(C)n3)n2)cc1.